The molecule has 0 radical (unpaired) electrons. The van der Waals surface area contributed by atoms with Crippen LogP contribution in [0.15, 0.2) is 0 Å². The van der Waals surface area contributed by atoms with Gasteiger partial charge in [0.2, 0.25) is 0 Å². The number of halogens is 1. The van der Waals surface area contributed by atoms with Crippen LogP contribution in [0.5, 0.6) is 0 Å². The van der Waals surface area contributed by atoms with Crippen LogP contribution in [0.4, 0.5) is 4.39 Å². The van der Waals surface area contributed by atoms with E-state index in [1.54, 1.807) is 0 Å². The molecule has 0 aromatic heterocycles. The first-order chi connectivity index (χ1) is 1.00. The predicted molar refractivity (Wildman–Crippen MR) is 7.03 cm³/mol. The molecule has 0 amide bonds. The van der Waals surface area contributed by atoms with Crippen LogP contribution < -0.4 is 0 Å². The zero-order valence-corrected chi connectivity index (χ0v) is 9.80. The van der Waals surface area contributed by atoms with Crippen molar-refractivity contribution >= 4 is 0 Å². The van der Waals surface area contributed by atoms with Crippen molar-refractivity contribution in [2.75, 3.05) is 7.18 Å². The zero-order valence-electron chi connectivity index (χ0n) is 2.79. The van der Waals surface area contributed by atoms with Crippen LogP contribution in [0.25, 0.3) is 0 Å². The minimum absolute atomic E-state index is 0. The van der Waals surface area contributed by atoms with Crippen LogP contribution in [0.1, 0.15) is 0 Å². The van der Waals surface area contributed by atoms with E-state index in [0.29, 0.717) is 7.18 Å². The summed E-state index contributed by atoms with van der Waals surface area (Å²) in [7, 11) is 0.500. The Labute approximate surface area is 58.1 Å². The quantitative estimate of drug-likeness (QED) is 0.515. The second-order valence-electron chi connectivity index (χ2n) is 0. The summed E-state index contributed by atoms with van der Waals surface area (Å²) in [4.78, 5) is 0. The van der Waals surface area contributed by atoms with E-state index in [1.165, 1.54) is 0 Å². The molecule has 0 N–H and O–H groups in total. The average Bonchev–Trinajstić information content (AvgIpc) is 1.00. The van der Waals surface area contributed by atoms with E-state index in [-0.39, 0.29) is 46.8 Å². The van der Waals surface area contributed by atoms with Gasteiger partial charge in [-0.05, 0) is 0 Å². The molecular formula is CH3CdFZn. The van der Waals surface area contributed by atoms with Crippen LogP contribution in [0, 0.1) is 0 Å². The molecule has 0 fully saturated rings. The Morgan fingerprint density at radius 2 is 1.25 bits per heavy atom. The molecule has 0 unspecified atom stereocenters. The Kier molecular flexibility index (Phi) is 111. The van der Waals surface area contributed by atoms with Crippen LogP contribution >= 0.6 is 0 Å². The van der Waals surface area contributed by atoms with Crippen molar-refractivity contribution in [2.45, 2.75) is 0 Å². The molecule has 18 valence electrons. The maximum Gasteiger partial charge on any atom is 0.0785 e. The summed E-state index contributed by atoms with van der Waals surface area (Å²) in [6.45, 7) is 0. The third-order valence-electron chi connectivity index (χ3n) is 0. The van der Waals surface area contributed by atoms with Gasteiger partial charge in [-0.2, -0.15) is 0 Å². The molecular weight excluding hydrogens is 209 g/mol. The van der Waals surface area contributed by atoms with Gasteiger partial charge >= 0.3 is 0 Å². The molecule has 0 saturated heterocycles. The van der Waals surface area contributed by atoms with E-state index in [1.807, 2.05) is 0 Å². The molecule has 0 aliphatic heterocycles. The van der Waals surface area contributed by atoms with Crippen molar-refractivity contribution in [1.82, 2.24) is 0 Å². The maximum absolute atomic E-state index is 9.50. The molecule has 0 aliphatic rings. The third kappa shape index (κ3) is 9.78. The number of hydrogen-bond acceptors (Lipinski definition) is 0. The molecule has 0 saturated carbocycles. The monoisotopic (exact) mass is 212 g/mol. The largest absolute Gasteiger partial charge is 0.255 e. The Balaban J connectivity index is -0.00000000500. The summed E-state index contributed by atoms with van der Waals surface area (Å²) in [6.07, 6.45) is 0. The summed E-state index contributed by atoms with van der Waals surface area (Å²) in [6, 6.07) is 0. The SMILES string of the molecule is CF.[Cd].[Zn]. The van der Waals surface area contributed by atoms with Crippen LogP contribution in [0.2, 0.25) is 0 Å². The molecule has 0 bridgehead atoms. The van der Waals surface area contributed by atoms with Gasteiger partial charge in [0.25, 0.3) is 0 Å². The van der Waals surface area contributed by atoms with Crippen molar-refractivity contribution < 1.29 is 51.2 Å². The van der Waals surface area contributed by atoms with Crippen molar-refractivity contribution in [2.24, 2.45) is 0 Å². The Bertz CT molecular complexity index is 8.00. The van der Waals surface area contributed by atoms with Gasteiger partial charge in [0, 0.05) is 46.8 Å². The minimum atomic E-state index is 0. The maximum atomic E-state index is 9.50. The van der Waals surface area contributed by atoms with Crippen LogP contribution in [0.3, 0.4) is 0 Å². The predicted octanol–water partition coefficient (Wildman–Crippen LogP) is 0.581. The van der Waals surface area contributed by atoms with E-state index < -0.39 is 0 Å². The summed E-state index contributed by atoms with van der Waals surface area (Å²) < 4.78 is 9.50. The smallest absolute Gasteiger partial charge is 0.0785 e. The second kappa shape index (κ2) is 24.8. The van der Waals surface area contributed by atoms with Crippen LogP contribution in [-0.2, 0) is 46.8 Å². The normalized spacial score (nSPS) is 1.50. The minimum Gasteiger partial charge on any atom is -0.255 e. The molecule has 4 heavy (non-hydrogen) atoms. The zero-order chi connectivity index (χ0) is 2.00. The van der Waals surface area contributed by atoms with Crippen molar-refractivity contribution in [3.05, 3.63) is 0 Å². The van der Waals surface area contributed by atoms with Gasteiger partial charge in [-0.3, -0.25) is 4.39 Å². The van der Waals surface area contributed by atoms with Crippen molar-refractivity contribution in [3.8, 4) is 0 Å². The Morgan fingerprint density at radius 1 is 1.25 bits per heavy atom. The van der Waals surface area contributed by atoms with Crippen LogP contribution in [-0.4, -0.2) is 7.18 Å². The Morgan fingerprint density at radius 3 is 1.25 bits per heavy atom. The molecule has 0 spiro atoms. The fraction of sp³-hybridized carbons (Fsp3) is 1.00. The van der Waals surface area contributed by atoms with Gasteiger partial charge < -0.3 is 0 Å². The molecule has 0 nitrogen and oxygen atoms in total. The van der Waals surface area contributed by atoms with Crippen molar-refractivity contribution in [1.29, 1.82) is 0 Å². The standard InChI is InChI=1S/CH3F.Cd.Zn/c1-2;;/h1H3;;. The summed E-state index contributed by atoms with van der Waals surface area (Å²) >= 11 is 0. The van der Waals surface area contributed by atoms with E-state index in [2.05, 4.69) is 0 Å². The van der Waals surface area contributed by atoms with Crippen molar-refractivity contribution in [3.63, 3.8) is 0 Å². The fourth-order valence-electron chi connectivity index (χ4n) is 0. The van der Waals surface area contributed by atoms with Gasteiger partial charge in [-0.15, -0.1) is 0 Å². The summed E-state index contributed by atoms with van der Waals surface area (Å²) in [5.74, 6) is 0. The Hall–Kier alpha value is 1.48. The van der Waals surface area contributed by atoms with Gasteiger partial charge in [0.05, 0.1) is 7.18 Å². The van der Waals surface area contributed by atoms with E-state index in [9.17, 15) is 4.39 Å². The van der Waals surface area contributed by atoms with Gasteiger partial charge in [0.1, 0.15) is 0 Å². The number of alkyl halides is 1. The first kappa shape index (κ1) is 17.9. The summed E-state index contributed by atoms with van der Waals surface area (Å²) in [5, 5.41) is 0. The first-order valence-corrected chi connectivity index (χ1v) is 0.378. The first-order valence-electron chi connectivity index (χ1n) is 0.378. The van der Waals surface area contributed by atoms with Gasteiger partial charge in [-0.25, -0.2) is 0 Å². The fourth-order valence-corrected chi connectivity index (χ4v) is 0. The average molecular weight is 212 g/mol. The molecule has 3 heteroatoms. The molecule has 0 rings (SSSR count). The molecule has 0 aliphatic carbocycles. The molecule has 0 aromatic carbocycles. The third-order valence-corrected chi connectivity index (χ3v) is 0. The van der Waals surface area contributed by atoms with E-state index >= 15 is 0 Å². The van der Waals surface area contributed by atoms with Gasteiger partial charge in [-0.1, -0.05) is 0 Å². The molecule has 0 heterocycles. The number of rotatable bonds is 0. The number of hydrogen-bond donors (Lipinski definition) is 0. The topological polar surface area (TPSA) is 0 Å². The molecule has 0 aromatic rings. The summed E-state index contributed by atoms with van der Waals surface area (Å²) in [5.41, 5.74) is 0. The van der Waals surface area contributed by atoms with Gasteiger partial charge in [0.15, 0.2) is 0 Å². The molecule has 0 atom stereocenters. The van der Waals surface area contributed by atoms with E-state index in [0.717, 1.165) is 0 Å². The van der Waals surface area contributed by atoms with E-state index in [4.69, 9.17) is 0 Å². The second-order valence-corrected chi connectivity index (χ2v) is 0.